The van der Waals surface area contributed by atoms with Crippen molar-refractivity contribution in [3.63, 3.8) is 0 Å². The van der Waals surface area contributed by atoms with Crippen LogP contribution in [0.15, 0.2) is 4.52 Å². The third kappa shape index (κ3) is 2.54. The van der Waals surface area contributed by atoms with Crippen LogP contribution in [0.5, 0.6) is 0 Å². The van der Waals surface area contributed by atoms with Gasteiger partial charge in [0.1, 0.15) is 0 Å². The van der Waals surface area contributed by atoms with Gasteiger partial charge in [0.15, 0.2) is 5.82 Å². The third-order valence-electron chi connectivity index (χ3n) is 2.67. The van der Waals surface area contributed by atoms with Crippen molar-refractivity contribution in [1.82, 2.24) is 15.0 Å². The van der Waals surface area contributed by atoms with Crippen LogP contribution in [0.1, 0.15) is 37.9 Å². The van der Waals surface area contributed by atoms with Gasteiger partial charge in [-0.3, -0.25) is 4.90 Å². The summed E-state index contributed by atoms with van der Waals surface area (Å²) in [5.74, 6) is 1.81. The largest absolute Gasteiger partial charge is 0.338 e. The van der Waals surface area contributed by atoms with E-state index in [0.717, 1.165) is 31.9 Å². The molecule has 1 saturated heterocycles. The maximum Gasteiger partial charge on any atom is 0.240 e. The van der Waals surface area contributed by atoms with Crippen molar-refractivity contribution in [3.05, 3.63) is 11.7 Å². The number of hydrogen-bond donors (Lipinski definition) is 1. The van der Waals surface area contributed by atoms with Crippen molar-refractivity contribution in [2.45, 2.75) is 38.8 Å². The molecule has 0 radical (unpaired) electrons. The fourth-order valence-electron chi connectivity index (χ4n) is 1.76. The van der Waals surface area contributed by atoms with Gasteiger partial charge in [0.05, 0.1) is 6.54 Å². The SMILES string of the molecule is CC(C)c1noc(CN2CCC(N)C2)n1. The van der Waals surface area contributed by atoms with Crippen molar-refractivity contribution in [1.29, 1.82) is 0 Å². The predicted molar refractivity (Wildman–Crippen MR) is 56.3 cm³/mol. The smallest absolute Gasteiger partial charge is 0.240 e. The molecule has 0 aromatic carbocycles. The molecule has 1 aliphatic rings. The predicted octanol–water partition coefficient (Wildman–Crippen LogP) is 0.726. The molecule has 15 heavy (non-hydrogen) atoms. The first-order valence-corrected chi connectivity index (χ1v) is 5.45. The van der Waals surface area contributed by atoms with Crippen molar-refractivity contribution in [3.8, 4) is 0 Å². The molecular formula is C10H18N4O. The Hall–Kier alpha value is -0.940. The summed E-state index contributed by atoms with van der Waals surface area (Å²) in [4.78, 5) is 6.59. The highest BCUT2D eigenvalue weighted by Crippen LogP contribution is 2.13. The Morgan fingerprint density at radius 1 is 1.60 bits per heavy atom. The zero-order valence-electron chi connectivity index (χ0n) is 9.31. The van der Waals surface area contributed by atoms with E-state index in [4.69, 9.17) is 10.3 Å². The molecule has 1 unspecified atom stereocenters. The Morgan fingerprint density at radius 3 is 2.93 bits per heavy atom. The molecule has 2 heterocycles. The summed E-state index contributed by atoms with van der Waals surface area (Å²) in [6.07, 6.45) is 1.06. The Kier molecular flexibility index (Phi) is 3.02. The van der Waals surface area contributed by atoms with E-state index in [2.05, 4.69) is 28.9 Å². The number of likely N-dealkylation sites (tertiary alicyclic amines) is 1. The van der Waals surface area contributed by atoms with Crippen LogP contribution in [0, 0.1) is 0 Å². The number of nitrogens with zero attached hydrogens (tertiary/aromatic N) is 3. The quantitative estimate of drug-likeness (QED) is 0.796. The second kappa shape index (κ2) is 4.28. The normalized spacial score (nSPS) is 22.8. The molecule has 1 atom stereocenters. The minimum absolute atomic E-state index is 0.303. The van der Waals surface area contributed by atoms with Crippen LogP contribution in [0.4, 0.5) is 0 Å². The zero-order chi connectivity index (χ0) is 10.8. The third-order valence-corrected chi connectivity index (χ3v) is 2.67. The van der Waals surface area contributed by atoms with Gasteiger partial charge in [0, 0.05) is 25.0 Å². The standard InChI is InChI=1S/C10H18N4O/c1-7(2)10-12-9(15-13-10)6-14-4-3-8(11)5-14/h7-8H,3-6,11H2,1-2H3. The summed E-state index contributed by atoms with van der Waals surface area (Å²) < 4.78 is 5.18. The molecule has 1 aromatic rings. The molecule has 5 heteroatoms. The van der Waals surface area contributed by atoms with Gasteiger partial charge in [0.25, 0.3) is 0 Å². The molecular weight excluding hydrogens is 192 g/mol. The van der Waals surface area contributed by atoms with Gasteiger partial charge in [-0.25, -0.2) is 0 Å². The van der Waals surface area contributed by atoms with E-state index in [-0.39, 0.29) is 0 Å². The van der Waals surface area contributed by atoms with Gasteiger partial charge in [-0.1, -0.05) is 19.0 Å². The zero-order valence-corrected chi connectivity index (χ0v) is 9.31. The van der Waals surface area contributed by atoms with E-state index < -0.39 is 0 Å². The summed E-state index contributed by atoms with van der Waals surface area (Å²) in [5, 5.41) is 3.93. The van der Waals surface area contributed by atoms with Gasteiger partial charge in [-0.05, 0) is 6.42 Å². The summed E-state index contributed by atoms with van der Waals surface area (Å²) in [7, 11) is 0. The molecule has 0 amide bonds. The molecule has 2 rings (SSSR count). The maximum atomic E-state index is 5.82. The number of nitrogens with two attached hydrogens (primary N) is 1. The van der Waals surface area contributed by atoms with E-state index in [1.54, 1.807) is 0 Å². The molecule has 5 nitrogen and oxygen atoms in total. The average molecular weight is 210 g/mol. The van der Waals surface area contributed by atoms with Crippen molar-refractivity contribution >= 4 is 0 Å². The monoisotopic (exact) mass is 210 g/mol. The Bertz CT molecular complexity index is 323. The molecule has 0 aliphatic carbocycles. The number of hydrogen-bond acceptors (Lipinski definition) is 5. The van der Waals surface area contributed by atoms with Crippen LogP contribution >= 0.6 is 0 Å². The Balaban J connectivity index is 1.93. The fraction of sp³-hybridized carbons (Fsp3) is 0.800. The van der Waals surface area contributed by atoms with E-state index in [1.807, 2.05) is 0 Å². The van der Waals surface area contributed by atoms with Crippen LogP contribution in [-0.2, 0) is 6.54 Å². The van der Waals surface area contributed by atoms with E-state index in [1.165, 1.54) is 0 Å². The van der Waals surface area contributed by atoms with Crippen molar-refractivity contribution < 1.29 is 4.52 Å². The van der Waals surface area contributed by atoms with Crippen LogP contribution < -0.4 is 5.73 Å². The number of rotatable bonds is 3. The molecule has 0 spiro atoms. The number of aromatic nitrogens is 2. The maximum absolute atomic E-state index is 5.82. The highest BCUT2D eigenvalue weighted by molar-refractivity contribution is 4.92. The minimum Gasteiger partial charge on any atom is -0.338 e. The summed E-state index contributed by atoms with van der Waals surface area (Å²) in [6.45, 7) is 6.80. The van der Waals surface area contributed by atoms with Crippen LogP contribution in [-0.4, -0.2) is 34.2 Å². The molecule has 2 N–H and O–H groups in total. The van der Waals surface area contributed by atoms with Gasteiger partial charge in [0.2, 0.25) is 5.89 Å². The van der Waals surface area contributed by atoms with Crippen LogP contribution in [0.2, 0.25) is 0 Å². The molecule has 1 fully saturated rings. The first-order chi connectivity index (χ1) is 7.15. The summed E-state index contributed by atoms with van der Waals surface area (Å²) in [5.41, 5.74) is 5.82. The molecule has 84 valence electrons. The summed E-state index contributed by atoms with van der Waals surface area (Å²) in [6, 6.07) is 0.303. The Morgan fingerprint density at radius 2 is 2.40 bits per heavy atom. The van der Waals surface area contributed by atoms with Gasteiger partial charge < -0.3 is 10.3 Å². The van der Waals surface area contributed by atoms with Crippen molar-refractivity contribution in [2.24, 2.45) is 5.73 Å². The lowest BCUT2D eigenvalue weighted by atomic mass is 10.2. The summed E-state index contributed by atoms with van der Waals surface area (Å²) >= 11 is 0. The second-order valence-corrected chi connectivity index (χ2v) is 4.48. The van der Waals surface area contributed by atoms with Gasteiger partial charge >= 0.3 is 0 Å². The highest BCUT2D eigenvalue weighted by Gasteiger charge is 2.21. The lowest BCUT2D eigenvalue weighted by Gasteiger charge is -2.10. The molecule has 0 bridgehead atoms. The van der Waals surface area contributed by atoms with E-state index in [9.17, 15) is 0 Å². The fourth-order valence-corrected chi connectivity index (χ4v) is 1.76. The first-order valence-electron chi connectivity index (χ1n) is 5.45. The minimum atomic E-state index is 0.303. The van der Waals surface area contributed by atoms with Gasteiger partial charge in [-0.2, -0.15) is 4.98 Å². The lowest BCUT2D eigenvalue weighted by Crippen LogP contribution is -2.26. The average Bonchev–Trinajstić information content (AvgIpc) is 2.76. The van der Waals surface area contributed by atoms with Crippen LogP contribution in [0.25, 0.3) is 0 Å². The lowest BCUT2D eigenvalue weighted by molar-refractivity contribution is 0.265. The molecule has 1 aliphatic heterocycles. The molecule has 0 saturated carbocycles. The van der Waals surface area contributed by atoms with Gasteiger partial charge in [-0.15, -0.1) is 0 Å². The van der Waals surface area contributed by atoms with E-state index >= 15 is 0 Å². The first kappa shape index (κ1) is 10.6. The topological polar surface area (TPSA) is 68.2 Å². The second-order valence-electron chi connectivity index (χ2n) is 4.48. The van der Waals surface area contributed by atoms with E-state index in [0.29, 0.717) is 17.9 Å². The highest BCUT2D eigenvalue weighted by atomic mass is 16.5. The van der Waals surface area contributed by atoms with Crippen molar-refractivity contribution in [2.75, 3.05) is 13.1 Å². The Labute approximate surface area is 89.6 Å². The molecule has 1 aromatic heterocycles. The van der Waals surface area contributed by atoms with Crippen LogP contribution in [0.3, 0.4) is 0 Å².